The van der Waals surface area contributed by atoms with Gasteiger partial charge < -0.3 is 5.11 Å². The maximum atomic E-state index is 11.4. The molecule has 84 valence electrons. The molecule has 0 aromatic carbocycles. The van der Waals surface area contributed by atoms with E-state index < -0.39 is 15.6 Å². The highest BCUT2D eigenvalue weighted by molar-refractivity contribution is 7.89. The molecule has 1 aliphatic rings. The molecule has 0 amide bonds. The summed E-state index contributed by atoms with van der Waals surface area (Å²) in [4.78, 5) is 0. The molecule has 1 rings (SSSR count). The van der Waals surface area contributed by atoms with Crippen LogP contribution in [0.25, 0.3) is 0 Å². The van der Waals surface area contributed by atoms with E-state index in [9.17, 15) is 13.5 Å². The van der Waals surface area contributed by atoms with Gasteiger partial charge in [-0.3, -0.25) is 0 Å². The second kappa shape index (κ2) is 4.16. The largest absolute Gasteiger partial charge is 0.389 e. The first kappa shape index (κ1) is 11.9. The Morgan fingerprint density at radius 1 is 1.36 bits per heavy atom. The first-order valence-electron chi connectivity index (χ1n) is 5.06. The molecular formula is C9H19NO3S. The molecule has 0 spiro atoms. The lowest BCUT2D eigenvalue weighted by Gasteiger charge is -2.27. The Balaban J connectivity index is 2.60. The lowest BCUT2D eigenvalue weighted by atomic mass is 10.0. The number of hydrogen-bond donors (Lipinski definition) is 1. The maximum Gasteiger partial charge on any atom is 0.213 e. The van der Waals surface area contributed by atoms with Crippen molar-refractivity contribution in [1.29, 1.82) is 0 Å². The van der Waals surface area contributed by atoms with Gasteiger partial charge in [0.25, 0.3) is 0 Å². The predicted molar refractivity (Wildman–Crippen MR) is 55.5 cm³/mol. The number of rotatable bonds is 4. The third kappa shape index (κ3) is 2.68. The molecule has 1 fully saturated rings. The van der Waals surface area contributed by atoms with Crippen LogP contribution in [-0.2, 0) is 10.0 Å². The molecule has 0 unspecified atom stereocenters. The van der Waals surface area contributed by atoms with Crippen LogP contribution in [-0.4, -0.2) is 42.8 Å². The van der Waals surface area contributed by atoms with Gasteiger partial charge >= 0.3 is 0 Å². The summed E-state index contributed by atoms with van der Waals surface area (Å²) in [5, 5.41) is 10.0. The third-order valence-electron chi connectivity index (χ3n) is 2.89. The van der Waals surface area contributed by atoms with Crippen molar-refractivity contribution in [3.63, 3.8) is 0 Å². The van der Waals surface area contributed by atoms with Crippen LogP contribution in [0.4, 0.5) is 0 Å². The molecule has 0 atom stereocenters. The summed E-state index contributed by atoms with van der Waals surface area (Å²) in [5.41, 5.74) is -0.781. The van der Waals surface area contributed by atoms with Gasteiger partial charge in [0.05, 0.1) is 11.4 Å². The van der Waals surface area contributed by atoms with Crippen molar-refractivity contribution >= 4 is 10.0 Å². The van der Waals surface area contributed by atoms with Crippen LogP contribution in [0.3, 0.4) is 0 Å². The smallest absolute Gasteiger partial charge is 0.213 e. The molecule has 0 aromatic heterocycles. The van der Waals surface area contributed by atoms with Crippen LogP contribution < -0.4 is 0 Å². The SMILES string of the molecule is CCS(=O)(=O)N(C)CC1(O)CCCC1. The molecule has 0 radical (unpaired) electrons. The fourth-order valence-electron chi connectivity index (χ4n) is 1.92. The second-order valence-electron chi connectivity index (χ2n) is 4.09. The Morgan fingerprint density at radius 3 is 2.29 bits per heavy atom. The maximum absolute atomic E-state index is 11.4. The average Bonchev–Trinajstić information content (AvgIpc) is 2.52. The summed E-state index contributed by atoms with van der Waals surface area (Å²) in [6, 6.07) is 0. The number of hydrogen-bond acceptors (Lipinski definition) is 3. The van der Waals surface area contributed by atoms with Gasteiger partial charge in [-0.15, -0.1) is 0 Å². The van der Waals surface area contributed by atoms with E-state index in [0.29, 0.717) is 0 Å². The third-order valence-corrected chi connectivity index (χ3v) is 4.70. The fourth-order valence-corrected chi connectivity index (χ4v) is 2.80. The molecule has 0 saturated heterocycles. The van der Waals surface area contributed by atoms with E-state index in [0.717, 1.165) is 25.7 Å². The summed E-state index contributed by atoms with van der Waals surface area (Å²) in [6.07, 6.45) is 3.43. The van der Waals surface area contributed by atoms with Crippen LogP contribution in [0.1, 0.15) is 32.6 Å². The van der Waals surface area contributed by atoms with Gasteiger partial charge in [0.2, 0.25) is 10.0 Å². The average molecular weight is 221 g/mol. The minimum absolute atomic E-state index is 0.0968. The van der Waals surface area contributed by atoms with E-state index in [1.54, 1.807) is 6.92 Å². The highest BCUT2D eigenvalue weighted by Gasteiger charge is 2.34. The lowest BCUT2D eigenvalue weighted by Crippen LogP contribution is -2.42. The van der Waals surface area contributed by atoms with Crippen molar-refractivity contribution in [2.24, 2.45) is 0 Å². The van der Waals surface area contributed by atoms with Crippen molar-refractivity contribution in [2.75, 3.05) is 19.3 Å². The van der Waals surface area contributed by atoms with Gasteiger partial charge in [0.1, 0.15) is 0 Å². The van der Waals surface area contributed by atoms with E-state index in [1.165, 1.54) is 11.4 Å². The molecule has 0 aromatic rings. The number of sulfonamides is 1. The zero-order chi connectivity index (χ0) is 10.8. The van der Waals surface area contributed by atoms with E-state index >= 15 is 0 Å². The van der Waals surface area contributed by atoms with Gasteiger partial charge in [-0.05, 0) is 19.8 Å². The zero-order valence-electron chi connectivity index (χ0n) is 8.86. The van der Waals surface area contributed by atoms with Crippen molar-refractivity contribution in [1.82, 2.24) is 4.31 Å². The first-order valence-corrected chi connectivity index (χ1v) is 6.67. The fraction of sp³-hybridized carbons (Fsp3) is 1.00. The number of likely N-dealkylation sites (N-methyl/N-ethyl adjacent to an activating group) is 1. The normalized spacial score (nSPS) is 21.7. The van der Waals surface area contributed by atoms with Gasteiger partial charge in [-0.2, -0.15) is 0 Å². The van der Waals surface area contributed by atoms with E-state index in [4.69, 9.17) is 0 Å². The Bertz CT molecular complexity index is 280. The Kier molecular flexibility index (Phi) is 3.55. The molecule has 5 heteroatoms. The van der Waals surface area contributed by atoms with Gasteiger partial charge in [-0.1, -0.05) is 12.8 Å². The Morgan fingerprint density at radius 2 is 1.86 bits per heavy atom. The van der Waals surface area contributed by atoms with Crippen LogP contribution in [0.2, 0.25) is 0 Å². The standard InChI is InChI=1S/C9H19NO3S/c1-3-14(12,13)10(2)8-9(11)6-4-5-7-9/h11H,3-8H2,1-2H3. The monoisotopic (exact) mass is 221 g/mol. The Labute approximate surface area is 86.0 Å². The quantitative estimate of drug-likeness (QED) is 0.755. The highest BCUT2D eigenvalue weighted by Crippen LogP contribution is 2.30. The number of aliphatic hydroxyl groups is 1. The van der Waals surface area contributed by atoms with Crippen molar-refractivity contribution in [3.05, 3.63) is 0 Å². The van der Waals surface area contributed by atoms with E-state index in [-0.39, 0.29) is 12.3 Å². The highest BCUT2D eigenvalue weighted by atomic mass is 32.2. The molecular weight excluding hydrogens is 202 g/mol. The van der Waals surface area contributed by atoms with Gasteiger partial charge in [-0.25, -0.2) is 12.7 Å². The summed E-state index contributed by atoms with van der Waals surface area (Å²) in [7, 11) is -1.61. The molecule has 0 bridgehead atoms. The lowest BCUT2D eigenvalue weighted by molar-refractivity contribution is 0.0334. The van der Waals surface area contributed by atoms with E-state index in [1.807, 2.05) is 0 Å². The summed E-state index contributed by atoms with van der Waals surface area (Å²) >= 11 is 0. The topological polar surface area (TPSA) is 57.6 Å². The molecule has 0 aliphatic heterocycles. The zero-order valence-corrected chi connectivity index (χ0v) is 9.68. The molecule has 4 nitrogen and oxygen atoms in total. The molecule has 14 heavy (non-hydrogen) atoms. The number of nitrogens with zero attached hydrogens (tertiary/aromatic N) is 1. The predicted octanol–water partition coefficient (Wildman–Crippen LogP) is 0.573. The van der Waals surface area contributed by atoms with Crippen LogP contribution in [0, 0.1) is 0 Å². The van der Waals surface area contributed by atoms with Gasteiger partial charge in [0, 0.05) is 13.6 Å². The van der Waals surface area contributed by atoms with Gasteiger partial charge in [0.15, 0.2) is 0 Å². The summed E-state index contributed by atoms with van der Waals surface area (Å²) < 4.78 is 24.2. The summed E-state index contributed by atoms with van der Waals surface area (Å²) in [6.45, 7) is 1.85. The molecule has 0 heterocycles. The van der Waals surface area contributed by atoms with Crippen molar-refractivity contribution < 1.29 is 13.5 Å². The van der Waals surface area contributed by atoms with Crippen LogP contribution in [0.15, 0.2) is 0 Å². The van der Waals surface area contributed by atoms with E-state index in [2.05, 4.69) is 0 Å². The molecule has 1 N–H and O–H groups in total. The Hall–Kier alpha value is -0.130. The minimum atomic E-state index is -3.15. The second-order valence-corrected chi connectivity index (χ2v) is 6.45. The summed E-state index contributed by atoms with van der Waals surface area (Å²) in [5.74, 6) is 0.0968. The van der Waals surface area contributed by atoms with Crippen LogP contribution in [0.5, 0.6) is 0 Å². The minimum Gasteiger partial charge on any atom is -0.389 e. The van der Waals surface area contributed by atoms with Crippen molar-refractivity contribution in [3.8, 4) is 0 Å². The first-order chi connectivity index (χ1) is 6.40. The molecule has 1 saturated carbocycles. The molecule has 1 aliphatic carbocycles. The van der Waals surface area contributed by atoms with Crippen molar-refractivity contribution in [2.45, 2.75) is 38.2 Å². The van der Waals surface area contributed by atoms with Crippen LogP contribution >= 0.6 is 0 Å².